The van der Waals surface area contributed by atoms with Gasteiger partial charge in [0.05, 0.1) is 23.3 Å². The standard InChI is InChI=1S/C18H18N2O6/c1-11-8-9-13(10-15(11)20(23)24)18(22)26-12(2)17(21)19-14-6-4-5-7-16(14)25-3/h4-10,12H,1-3H3,(H,19,21). The van der Waals surface area contributed by atoms with Crippen LogP contribution in [0.25, 0.3) is 0 Å². The van der Waals surface area contributed by atoms with E-state index in [-0.39, 0.29) is 11.3 Å². The lowest BCUT2D eigenvalue weighted by Crippen LogP contribution is -2.30. The van der Waals surface area contributed by atoms with Crippen LogP contribution >= 0.6 is 0 Å². The molecule has 0 bridgehead atoms. The van der Waals surface area contributed by atoms with E-state index in [1.54, 1.807) is 31.2 Å². The average Bonchev–Trinajstić information content (AvgIpc) is 2.62. The maximum atomic E-state index is 12.2. The number of para-hydroxylation sites is 2. The molecule has 8 heteroatoms. The predicted molar refractivity (Wildman–Crippen MR) is 94.3 cm³/mol. The van der Waals surface area contributed by atoms with Gasteiger partial charge >= 0.3 is 5.97 Å². The molecule has 8 nitrogen and oxygen atoms in total. The number of anilines is 1. The third-order valence-corrected chi connectivity index (χ3v) is 3.66. The van der Waals surface area contributed by atoms with E-state index in [1.165, 1.54) is 26.2 Å². The second-order valence-electron chi connectivity index (χ2n) is 5.50. The highest BCUT2D eigenvalue weighted by Gasteiger charge is 2.22. The molecule has 2 aromatic carbocycles. The maximum Gasteiger partial charge on any atom is 0.339 e. The van der Waals surface area contributed by atoms with Gasteiger partial charge in [0.1, 0.15) is 5.75 Å². The first-order chi connectivity index (χ1) is 12.3. The van der Waals surface area contributed by atoms with Gasteiger partial charge in [-0.2, -0.15) is 0 Å². The number of methoxy groups -OCH3 is 1. The van der Waals surface area contributed by atoms with E-state index in [0.717, 1.165) is 6.07 Å². The highest BCUT2D eigenvalue weighted by Crippen LogP contribution is 2.24. The number of carbonyl (C=O) groups is 2. The van der Waals surface area contributed by atoms with Gasteiger partial charge in [0, 0.05) is 11.6 Å². The monoisotopic (exact) mass is 358 g/mol. The molecule has 0 radical (unpaired) electrons. The molecule has 0 aliphatic rings. The number of carbonyl (C=O) groups excluding carboxylic acids is 2. The second kappa shape index (κ2) is 8.11. The Labute approximate surface area is 149 Å². The Kier molecular flexibility index (Phi) is 5.90. The molecule has 1 N–H and O–H groups in total. The lowest BCUT2D eigenvalue weighted by atomic mass is 10.1. The first-order valence-electron chi connectivity index (χ1n) is 7.73. The molecule has 1 amide bonds. The maximum absolute atomic E-state index is 12.2. The normalized spacial score (nSPS) is 11.3. The number of ether oxygens (including phenoxy) is 2. The fourth-order valence-electron chi connectivity index (χ4n) is 2.20. The summed E-state index contributed by atoms with van der Waals surface area (Å²) in [5, 5.41) is 13.6. The van der Waals surface area contributed by atoms with Gasteiger partial charge in [0.2, 0.25) is 0 Å². The van der Waals surface area contributed by atoms with Crippen molar-refractivity contribution >= 4 is 23.3 Å². The summed E-state index contributed by atoms with van der Waals surface area (Å²) in [5.41, 5.74) is 0.673. The van der Waals surface area contributed by atoms with Crippen molar-refractivity contribution in [3.8, 4) is 5.75 Å². The number of nitrogens with one attached hydrogen (secondary N) is 1. The van der Waals surface area contributed by atoms with E-state index in [2.05, 4.69) is 5.32 Å². The molecule has 26 heavy (non-hydrogen) atoms. The summed E-state index contributed by atoms with van der Waals surface area (Å²) in [6.45, 7) is 2.97. The quantitative estimate of drug-likeness (QED) is 0.483. The van der Waals surface area contributed by atoms with Crippen LogP contribution in [0.1, 0.15) is 22.8 Å². The van der Waals surface area contributed by atoms with Crippen LogP contribution in [-0.4, -0.2) is 30.0 Å². The fourth-order valence-corrected chi connectivity index (χ4v) is 2.20. The van der Waals surface area contributed by atoms with Crippen LogP contribution in [-0.2, 0) is 9.53 Å². The van der Waals surface area contributed by atoms with Gasteiger partial charge < -0.3 is 14.8 Å². The van der Waals surface area contributed by atoms with E-state index in [0.29, 0.717) is 17.0 Å². The average molecular weight is 358 g/mol. The minimum absolute atomic E-state index is 0.000702. The number of esters is 1. The second-order valence-corrected chi connectivity index (χ2v) is 5.50. The molecule has 0 aliphatic heterocycles. The molecule has 0 saturated carbocycles. The summed E-state index contributed by atoms with van der Waals surface area (Å²) in [4.78, 5) is 34.8. The van der Waals surface area contributed by atoms with Crippen LogP contribution in [0.4, 0.5) is 11.4 Å². The van der Waals surface area contributed by atoms with Gasteiger partial charge in [0.25, 0.3) is 11.6 Å². The van der Waals surface area contributed by atoms with Gasteiger partial charge in [-0.15, -0.1) is 0 Å². The molecule has 0 spiro atoms. The predicted octanol–water partition coefficient (Wildman–Crippen LogP) is 3.10. The van der Waals surface area contributed by atoms with Crippen LogP contribution in [0.15, 0.2) is 42.5 Å². The smallest absolute Gasteiger partial charge is 0.339 e. The molecular formula is C18H18N2O6. The Balaban J connectivity index is 2.08. The topological polar surface area (TPSA) is 108 Å². The number of rotatable bonds is 6. The van der Waals surface area contributed by atoms with Gasteiger partial charge in [-0.1, -0.05) is 18.2 Å². The number of nitrogens with zero attached hydrogens (tertiary/aromatic N) is 1. The minimum Gasteiger partial charge on any atom is -0.495 e. The van der Waals surface area contributed by atoms with Crippen molar-refractivity contribution in [2.75, 3.05) is 12.4 Å². The molecule has 1 unspecified atom stereocenters. The molecule has 1 atom stereocenters. The van der Waals surface area contributed by atoms with Crippen LogP contribution in [0.5, 0.6) is 5.75 Å². The SMILES string of the molecule is COc1ccccc1NC(=O)C(C)OC(=O)c1ccc(C)c([N+](=O)[O-])c1. The highest BCUT2D eigenvalue weighted by atomic mass is 16.6. The molecule has 136 valence electrons. The van der Waals surface area contributed by atoms with Gasteiger partial charge in [-0.05, 0) is 32.0 Å². The summed E-state index contributed by atoms with van der Waals surface area (Å²) in [5.74, 6) is -0.909. The van der Waals surface area contributed by atoms with Crippen LogP contribution < -0.4 is 10.1 Å². The fraction of sp³-hybridized carbons (Fsp3) is 0.222. The number of hydrogen-bond acceptors (Lipinski definition) is 6. The van der Waals surface area contributed by atoms with Crippen molar-refractivity contribution in [3.05, 3.63) is 63.7 Å². The van der Waals surface area contributed by atoms with Crippen molar-refractivity contribution in [3.63, 3.8) is 0 Å². The largest absolute Gasteiger partial charge is 0.495 e. The Hall–Kier alpha value is -3.42. The number of amides is 1. The van der Waals surface area contributed by atoms with E-state index >= 15 is 0 Å². The number of aryl methyl sites for hydroxylation is 1. The summed E-state index contributed by atoms with van der Waals surface area (Å²) in [6.07, 6.45) is -1.10. The number of benzene rings is 2. The number of hydrogen-bond donors (Lipinski definition) is 1. The first-order valence-corrected chi connectivity index (χ1v) is 7.73. The Morgan fingerprint density at radius 2 is 1.88 bits per heavy atom. The Morgan fingerprint density at radius 1 is 1.19 bits per heavy atom. The Bertz CT molecular complexity index is 849. The summed E-state index contributed by atoms with van der Waals surface area (Å²) >= 11 is 0. The molecular weight excluding hydrogens is 340 g/mol. The molecule has 2 rings (SSSR count). The van der Waals surface area contributed by atoms with Gasteiger partial charge in [-0.25, -0.2) is 4.79 Å². The molecule has 0 heterocycles. The zero-order valence-corrected chi connectivity index (χ0v) is 14.5. The van der Waals surface area contributed by atoms with Crippen LogP contribution in [0.3, 0.4) is 0 Å². The van der Waals surface area contributed by atoms with Crippen LogP contribution in [0.2, 0.25) is 0 Å². The zero-order valence-electron chi connectivity index (χ0n) is 14.5. The number of nitro groups is 1. The van der Waals surface area contributed by atoms with Crippen molar-refractivity contribution in [2.45, 2.75) is 20.0 Å². The summed E-state index contributed by atoms with van der Waals surface area (Å²) < 4.78 is 10.2. The molecule has 0 saturated heterocycles. The lowest BCUT2D eigenvalue weighted by molar-refractivity contribution is -0.385. The zero-order chi connectivity index (χ0) is 19.3. The highest BCUT2D eigenvalue weighted by molar-refractivity contribution is 5.98. The van der Waals surface area contributed by atoms with E-state index in [9.17, 15) is 19.7 Å². The molecule has 0 aromatic heterocycles. The summed E-state index contributed by atoms with van der Waals surface area (Å²) in [6, 6.07) is 10.8. The molecule has 2 aromatic rings. The molecule has 0 fully saturated rings. The van der Waals surface area contributed by atoms with E-state index in [4.69, 9.17) is 9.47 Å². The molecule has 0 aliphatic carbocycles. The van der Waals surface area contributed by atoms with Crippen molar-refractivity contribution < 1.29 is 24.0 Å². The number of nitro benzene ring substituents is 1. The minimum atomic E-state index is -1.10. The van der Waals surface area contributed by atoms with Crippen molar-refractivity contribution in [2.24, 2.45) is 0 Å². The van der Waals surface area contributed by atoms with E-state index in [1.807, 2.05) is 0 Å². The lowest BCUT2D eigenvalue weighted by Gasteiger charge is -2.15. The third kappa shape index (κ3) is 4.35. The van der Waals surface area contributed by atoms with Crippen LogP contribution in [0, 0.1) is 17.0 Å². The van der Waals surface area contributed by atoms with E-state index < -0.39 is 22.9 Å². The van der Waals surface area contributed by atoms with Crippen molar-refractivity contribution in [1.82, 2.24) is 0 Å². The Morgan fingerprint density at radius 3 is 2.54 bits per heavy atom. The van der Waals surface area contributed by atoms with Crippen molar-refractivity contribution in [1.29, 1.82) is 0 Å². The third-order valence-electron chi connectivity index (χ3n) is 3.66. The summed E-state index contributed by atoms with van der Waals surface area (Å²) in [7, 11) is 1.47. The first kappa shape index (κ1) is 18.9. The van der Waals surface area contributed by atoms with Gasteiger partial charge in [-0.3, -0.25) is 14.9 Å². The van der Waals surface area contributed by atoms with Gasteiger partial charge in [0.15, 0.2) is 6.10 Å².